The van der Waals surface area contributed by atoms with E-state index in [2.05, 4.69) is 10.2 Å². The number of hydrogen-bond donors (Lipinski definition) is 1. The van der Waals surface area contributed by atoms with E-state index in [1.54, 1.807) is 0 Å². The van der Waals surface area contributed by atoms with Crippen LogP contribution in [0.4, 0.5) is 0 Å². The number of carbonyl (C=O) groups is 2. The number of ketones is 1. The average molecular weight is 369 g/mol. The molecule has 26 heavy (non-hydrogen) atoms. The Morgan fingerprint density at radius 3 is 2.38 bits per heavy atom. The number of Topliss-reactive ketones (excluding diaryl/α,β-unsaturated/α-hetero) is 1. The van der Waals surface area contributed by atoms with Gasteiger partial charge in [-0.1, -0.05) is 13.8 Å². The van der Waals surface area contributed by atoms with Gasteiger partial charge in [0.05, 0.1) is 13.2 Å². The Labute approximate surface area is 160 Å². The first-order valence-electron chi connectivity index (χ1n) is 10.6. The molecule has 2 fully saturated rings. The molecule has 0 aromatic carbocycles. The van der Waals surface area contributed by atoms with Crippen molar-refractivity contribution in [3.63, 3.8) is 0 Å². The van der Waals surface area contributed by atoms with Crippen molar-refractivity contribution in [1.29, 1.82) is 0 Å². The molecule has 5 heteroatoms. The van der Waals surface area contributed by atoms with E-state index in [9.17, 15) is 9.59 Å². The van der Waals surface area contributed by atoms with Crippen LogP contribution in [0.15, 0.2) is 0 Å². The van der Waals surface area contributed by atoms with Crippen LogP contribution >= 0.6 is 0 Å². The van der Waals surface area contributed by atoms with E-state index < -0.39 is 0 Å². The molecule has 0 radical (unpaired) electrons. The minimum atomic E-state index is 0. The first kappa shape index (κ1) is 21.4. The lowest BCUT2D eigenvalue weighted by atomic mass is 9.65. The summed E-state index contributed by atoms with van der Waals surface area (Å²) in [5.74, 6) is 0.890. The molecule has 1 amide bonds. The van der Waals surface area contributed by atoms with E-state index in [1.807, 2.05) is 20.8 Å². The number of rotatable bonds is 9. The molecule has 5 nitrogen and oxygen atoms in total. The second-order valence-electron chi connectivity index (χ2n) is 8.49. The molecule has 2 aliphatic rings. The molecule has 1 aliphatic carbocycles. The van der Waals surface area contributed by atoms with E-state index >= 15 is 0 Å². The Morgan fingerprint density at radius 2 is 1.81 bits per heavy atom. The van der Waals surface area contributed by atoms with Crippen molar-refractivity contribution in [2.24, 2.45) is 17.3 Å². The second-order valence-corrected chi connectivity index (χ2v) is 8.49. The highest BCUT2D eigenvalue weighted by Crippen LogP contribution is 2.46. The predicted octanol–water partition coefficient (Wildman–Crippen LogP) is 3.27. The number of piperidine rings is 1. The summed E-state index contributed by atoms with van der Waals surface area (Å²) in [6.07, 6.45) is 7.56. The maximum Gasteiger partial charge on any atom is 0.223 e. The summed E-state index contributed by atoms with van der Waals surface area (Å²) in [4.78, 5) is 26.1. The SMILES string of the molecule is CCNC(=O)C1CCC2(CC1)CCN(CCOCCC(=O)C(C)C)CC2.[HH]. The van der Waals surface area contributed by atoms with Gasteiger partial charge in [0, 0.05) is 32.8 Å². The van der Waals surface area contributed by atoms with Crippen LogP contribution < -0.4 is 5.32 Å². The predicted molar refractivity (Wildman–Crippen MR) is 106 cm³/mol. The lowest BCUT2D eigenvalue weighted by Crippen LogP contribution is -2.44. The highest BCUT2D eigenvalue weighted by atomic mass is 16.5. The Bertz CT molecular complexity index is 452. The van der Waals surface area contributed by atoms with Crippen molar-refractivity contribution in [1.82, 2.24) is 10.2 Å². The number of nitrogens with one attached hydrogen (secondary N) is 1. The Balaban J connectivity index is 0.00000364. The molecule has 1 saturated heterocycles. The molecule has 1 N–H and O–H groups in total. The zero-order valence-electron chi connectivity index (χ0n) is 17.0. The average Bonchev–Trinajstić information content (AvgIpc) is 2.63. The van der Waals surface area contributed by atoms with Crippen LogP contribution in [0.1, 0.15) is 67.1 Å². The van der Waals surface area contributed by atoms with Crippen molar-refractivity contribution in [2.45, 2.75) is 65.7 Å². The van der Waals surface area contributed by atoms with Gasteiger partial charge in [-0.2, -0.15) is 0 Å². The Kier molecular flexibility index (Phi) is 8.55. The first-order valence-corrected chi connectivity index (χ1v) is 10.6. The maximum absolute atomic E-state index is 12.0. The van der Waals surface area contributed by atoms with E-state index in [1.165, 1.54) is 25.7 Å². The minimum absolute atomic E-state index is 0. The van der Waals surface area contributed by atoms with E-state index in [0.717, 1.165) is 45.6 Å². The molecule has 1 aliphatic heterocycles. The molecular formula is C21H40N2O3. The zero-order chi connectivity index (χ0) is 19.0. The minimum Gasteiger partial charge on any atom is -0.380 e. The van der Waals surface area contributed by atoms with Gasteiger partial charge in [0.25, 0.3) is 0 Å². The fourth-order valence-electron chi connectivity index (χ4n) is 4.32. The molecule has 0 atom stereocenters. The van der Waals surface area contributed by atoms with Crippen LogP contribution in [0, 0.1) is 17.3 Å². The van der Waals surface area contributed by atoms with Gasteiger partial charge in [-0.05, 0) is 64.0 Å². The largest absolute Gasteiger partial charge is 0.380 e. The fourth-order valence-corrected chi connectivity index (χ4v) is 4.32. The lowest BCUT2D eigenvalue weighted by molar-refractivity contribution is -0.127. The van der Waals surface area contributed by atoms with Crippen molar-refractivity contribution >= 4 is 11.7 Å². The van der Waals surface area contributed by atoms with Gasteiger partial charge >= 0.3 is 0 Å². The monoisotopic (exact) mass is 368 g/mol. The van der Waals surface area contributed by atoms with Crippen LogP contribution in [0.2, 0.25) is 0 Å². The molecule has 1 saturated carbocycles. The standard InChI is InChI=1S/C21H38N2O3.H2/c1-4-22-20(25)18-5-8-21(9-6-18)10-12-23(13-11-21)14-16-26-15-7-19(24)17(2)3;/h17-18H,4-16H2,1-3H3,(H,22,25);1H. The van der Waals surface area contributed by atoms with Crippen molar-refractivity contribution in [3.8, 4) is 0 Å². The molecule has 2 rings (SSSR count). The smallest absolute Gasteiger partial charge is 0.223 e. The summed E-state index contributed by atoms with van der Waals surface area (Å²) in [5.41, 5.74) is 0.476. The summed E-state index contributed by atoms with van der Waals surface area (Å²) >= 11 is 0. The van der Waals surface area contributed by atoms with Gasteiger partial charge in [0.2, 0.25) is 5.91 Å². The third kappa shape index (κ3) is 6.34. The molecule has 152 valence electrons. The van der Waals surface area contributed by atoms with Crippen molar-refractivity contribution in [2.75, 3.05) is 39.4 Å². The normalized spacial score (nSPS) is 21.2. The van der Waals surface area contributed by atoms with Gasteiger partial charge < -0.3 is 15.0 Å². The molecule has 0 aromatic heterocycles. The summed E-state index contributed by atoms with van der Waals surface area (Å²) in [5, 5.41) is 2.98. The lowest BCUT2D eigenvalue weighted by Gasteiger charge is -2.45. The number of carbonyl (C=O) groups excluding carboxylic acids is 2. The summed E-state index contributed by atoms with van der Waals surface area (Å²) in [6, 6.07) is 0. The Morgan fingerprint density at radius 1 is 1.15 bits per heavy atom. The van der Waals surface area contributed by atoms with Crippen molar-refractivity contribution < 1.29 is 15.8 Å². The van der Waals surface area contributed by atoms with Gasteiger partial charge in [-0.25, -0.2) is 0 Å². The maximum atomic E-state index is 12.0. The topological polar surface area (TPSA) is 58.6 Å². The fraction of sp³-hybridized carbons (Fsp3) is 0.905. The molecule has 0 unspecified atom stereocenters. The third-order valence-corrected chi connectivity index (χ3v) is 6.37. The highest BCUT2D eigenvalue weighted by Gasteiger charge is 2.39. The molecule has 1 spiro atoms. The van der Waals surface area contributed by atoms with Crippen LogP contribution in [-0.2, 0) is 14.3 Å². The third-order valence-electron chi connectivity index (χ3n) is 6.37. The second kappa shape index (κ2) is 10.4. The number of amides is 1. The quantitative estimate of drug-likeness (QED) is 0.635. The summed E-state index contributed by atoms with van der Waals surface area (Å²) in [7, 11) is 0. The first-order chi connectivity index (χ1) is 12.5. The Hall–Kier alpha value is -0.940. The zero-order valence-corrected chi connectivity index (χ0v) is 17.0. The summed E-state index contributed by atoms with van der Waals surface area (Å²) in [6.45, 7) is 11.1. The molecule has 1 heterocycles. The van der Waals surface area contributed by atoms with Gasteiger partial charge in [-0.3, -0.25) is 9.59 Å². The van der Waals surface area contributed by atoms with E-state index in [0.29, 0.717) is 18.4 Å². The molecular weight excluding hydrogens is 328 g/mol. The molecule has 0 bridgehead atoms. The highest BCUT2D eigenvalue weighted by molar-refractivity contribution is 5.80. The van der Waals surface area contributed by atoms with Gasteiger partial charge in [0.15, 0.2) is 0 Å². The number of likely N-dealkylation sites (tertiary alicyclic amines) is 1. The number of ether oxygens (including phenoxy) is 1. The summed E-state index contributed by atoms with van der Waals surface area (Å²) < 4.78 is 5.65. The van der Waals surface area contributed by atoms with Crippen LogP contribution in [0.25, 0.3) is 0 Å². The van der Waals surface area contributed by atoms with Gasteiger partial charge in [0.1, 0.15) is 5.78 Å². The van der Waals surface area contributed by atoms with E-state index in [-0.39, 0.29) is 25.0 Å². The van der Waals surface area contributed by atoms with Crippen LogP contribution in [-0.4, -0.2) is 56.0 Å². The van der Waals surface area contributed by atoms with E-state index in [4.69, 9.17) is 4.74 Å². The van der Waals surface area contributed by atoms with Crippen LogP contribution in [0.3, 0.4) is 0 Å². The molecule has 0 aromatic rings. The van der Waals surface area contributed by atoms with Crippen molar-refractivity contribution in [3.05, 3.63) is 0 Å². The van der Waals surface area contributed by atoms with Crippen LogP contribution in [0.5, 0.6) is 0 Å². The number of hydrogen-bond acceptors (Lipinski definition) is 4. The number of nitrogens with zero attached hydrogens (tertiary/aromatic N) is 1. The van der Waals surface area contributed by atoms with Gasteiger partial charge in [-0.15, -0.1) is 0 Å².